The molecule has 1 aliphatic heterocycles. The Morgan fingerprint density at radius 1 is 1.50 bits per heavy atom. The minimum absolute atomic E-state index is 0.936. The summed E-state index contributed by atoms with van der Waals surface area (Å²) < 4.78 is 0. The highest BCUT2D eigenvalue weighted by Gasteiger charge is 2.19. The fraction of sp³-hybridized carbons (Fsp3) is 0.462. The molecule has 0 saturated carbocycles. The predicted molar refractivity (Wildman–Crippen MR) is 78.6 cm³/mol. The number of hydrogen-bond donors (Lipinski definition) is 1. The molecule has 0 unspecified atom stereocenters. The summed E-state index contributed by atoms with van der Waals surface area (Å²) in [5, 5.41) is 6.71. The molecule has 3 nitrogen and oxygen atoms in total. The normalized spacial score (nSPS) is 14.8. The highest BCUT2D eigenvalue weighted by Crippen LogP contribution is 2.30. The van der Waals surface area contributed by atoms with Crippen molar-refractivity contribution in [2.24, 2.45) is 0 Å². The standard InChI is InChI=1S/C13H17N3S2/c1-2-14-7-11-8-15-13(18-11)16-5-3-12-10(9-16)4-6-17-12/h4,6,8,14H,2-3,5,7,9H2,1H3. The fourth-order valence-corrected chi connectivity index (χ4v) is 3.98. The number of fused-ring (bicyclic) bond motifs is 1. The molecule has 0 atom stereocenters. The molecule has 0 bridgehead atoms. The Kier molecular flexibility index (Phi) is 3.63. The van der Waals surface area contributed by atoms with Gasteiger partial charge in [0.15, 0.2) is 5.13 Å². The van der Waals surface area contributed by atoms with Crippen LogP contribution in [0.15, 0.2) is 17.6 Å². The number of rotatable bonds is 4. The van der Waals surface area contributed by atoms with Gasteiger partial charge in [0, 0.05) is 35.6 Å². The van der Waals surface area contributed by atoms with E-state index < -0.39 is 0 Å². The van der Waals surface area contributed by atoms with Gasteiger partial charge in [-0.2, -0.15) is 0 Å². The van der Waals surface area contributed by atoms with E-state index in [1.165, 1.54) is 15.6 Å². The molecular weight excluding hydrogens is 262 g/mol. The number of nitrogens with zero attached hydrogens (tertiary/aromatic N) is 2. The van der Waals surface area contributed by atoms with Gasteiger partial charge in [-0.3, -0.25) is 0 Å². The average Bonchev–Trinajstić information content (AvgIpc) is 3.04. The largest absolute Gasteiger partial charge is 0.343 e. The van der Waals surface area contributed by atoms with Crippen LogP contribution in [0, 0.1) is 0 Å². The first-order valence-electron chi connectivity index (χ1n) is 6.32. The Hall–Kier alpha value is -0.910. The van der Waals surface area contributed by atoms with E-state index in [-0.39, 0.29) is 0 Å². The van der Waals surface area contributed by atoms with E-state index in [4.69, 9.17) is 0 Å². The molecule has 2 aromatic heterocycles. The van der Waals surface area contributed by atoms with Gasteiger partial charge in [-0.1, -0.05) is 6.92 Å². The zero-order chi connectivity index (χ0) is 12.4. The van der Waals surface area contributed by atoms with Crippen molar-refractivity contribution < 1.29 is 0 Å². The van der Waals surface area contributed by atoms with Crippen molar-refractivity contribution in [1.29, 1.82) is 0 Å². The zero-order valence-electron chi connectivity index (χ0n) is 10.5. The highest BCUT2D eigenvalue weighted by molar-refractivity contribution is 7.15. The Labute approximate surface area is 115 Å². The van der Waals surface area contributed by atoms with Crippen molar-refractivity contribution in [3.05, 3.63) is 33.0 Å². The molecule has 0 amide bonds. The maximum absolute atomic E-state index is 4.56. The Bertz CT molecular complexity index is 518. The van der Waals surface area contributed by atoms with Crippen molar-refractivity contribution in [3.8, 4) is 0 Å². The van der Waals surface area contributed by atoms with Gasteiger partial charge in [0.25, 0.3) is 0 Å². The van der Waals surface area contributed by atoms with Crippen molar-refractivity contribution in [1.82, 2.24) is 10.3 Å². The van der Waals surface area contributed by atoms with Crippen LogP contribution in [-0.2, 0) is 19.5 Å². The minimum Gasteiger partial charge on any atom is -0.343 e. The van der Waals surface area contributed by atoms with Gasteiger partial charge < -0.3 is 10.2 Å². The number of aromatic nitrogens is 1. The molecule has 0 spiro atoms. The smallest absolute Gasteiger partial charge is 0.185 e. The Morgan fingerprint density at radius 2 is 2.44 bits per heavy atom. The zero-order valence-corrected chi connectivity index (χ0v) is 12.1. The molecule has 0 fully saturated rings. The second-order valence-electron chi connectivity index (χ2n) is 4.43. The molecule has 2 aromatic rings. The van der Waals surface area contributed by atoms with E-state index in [0.29, 0.717) is 0 Å². The summed E-state index contributed by atoms with van der Waals surface area (Å²) in [6.45, 7) is 6.19. The van der Waals surface area contributed by atoms with Gasteiger partial charge in [-0.05, 0) is 30.0 Å². The first-order chi connectivity index (χ1) is 8.86. The SMILES string of the molecule is CCNCc1cnc(N2CCc3sccc3C2)s1. The van der Waals surface area contributed by atoms with Gasteiger partial charge in [-0.25, -0.2) is 4.98 Å². The van der Waals surface area contributed by atoms with Gasteiger partial charge in [0.1, 0.15) is 0 Å². The Morgan fingerprint density at radius 3 is 3.33 bits per heavy atom. The van der Waals surface area contributed by atoms with Crippen molar-refractivity contribution in [2.45, 2.75) is 26.4 Å². The van der Waals surface area contributed by atoms with Crippen LogP contribution in [0.3, 0.4) is 0 Å². The summed E-state index contributed by atoms with van der Waals surface area (Å²) in [6, 6.07) is 2.25. The van der Waals surface area contributed by atoms with Crippen LogP contribution in [0.4, 0.5) is 5.13 Å². The molecule has 0 aromatic carbocycles. The van der Waals surface area contributed by atoms with Crippen LogP contribution in [0.1, 0.15) is 22.2 Å². The van der Waals surface area contributed by atoms with Gasteiger partial charge >= 0.3 is 0 Å². The third kappa shape index (κ3) is 2.43. The van der Waals surface area contributed by atoms with Crippen molar-refractivity contribution in [3.63, 3.8) is 0 Å². The van der Waals surface area contributed by atoms with Crippen molar-refractivity contribution >= 4 is 27.8 Å². The van der Waals surface area contributed by atoms with Crippen LogP contribution < -0.4 is 10.2 Å². The molecule has 3 heterocycles. The van der Waals surface area contributed by atoms with E-state index in [9.17, 15) is 0 Å². The summed E-state index contributed by atoms with van der Waals surface area (Å²) in [5.74, 6) is 0. The third-order valence-corrected chi connectivity index (χ3v) is 5.25. The van der Waals surface area contributed by atoms with E-state index in [0.717, 1.165) is 32.6 Å². The molecule has 0 saturated heterocycles. The maximum atomic E-state index is 4.56. The van der Waals surface area contributed by atoms with E-state index >= 15 is 0 Å². The average molecular weight is 279 g/mol. The molecule has 1 N–H and O–H groups in total. The summed E-state index contributed by atoms with van der Waals surface area (Å²) in [5.41, 5.74) is 1.48. The molecule has 3 rings (SSSR count). The monoisotopic (exact) mass is 279 g/mol. The molecular formula is C13H17N3S2. The summed E-state index contributed by atoms with van der Waals surface area (Å²) >= 11 is 3.70. The lowest BCUT2D eigenvalue weighted by molar-refractivity contribution is 0.733. The van der Waals surface area contributed by atoms with Gasteiger partial charge in [-0.15, -0.1) is 22.7 Å². The van der Waals surface area contributed by atoms with Crippen LogP contribution in [-0.4, -0.2) is 18.1 Å². The molecule has 1 aliphatic rings. The molecule has 96 valence electrons. The summed E-state index contributed by atoms with van der Waals surface area (Å²) in [4.78, 5) is 9.83. The minimum atomic E-state index is 0.936. The van der Waals surface area contributed by atoms with Gasteiger partial charge in [0.05, 0.1) is 0 Å². The molecule has 18 heavy (non-hydrogen) atoms. The highest BCUT2D eigenvalue weighted by atomic mass is 32.1. The van der Waals surface area contributed by atoms with Crippen molar-refractivity contribution in [2.75, 3.05) is 18.0 Å². The quantitative estimate of drug-likeness (QED) is 0.933. The van der Waals surface area contributed by atoms with Crippen LogP contribution >= 0.6 is 22.7 Å². The maximum Gasteiger partial charge on any atom is 0.185 e. The third-order valence-electron chi connectivity index (χ3n) is 3.17. The number of thiophene rings is 1. The fourth-order valence-electron chi connectivity index (χ4n) is 2.19. The number of thiazole rings is 1. The van der Waals surface area contributed by atoms with E-state index in [1.807, 2.05) is 28.9 Å². The molecule has 0 radical (unpaired) electrons. The second-order valence-corrected chi connectivity index (χ2v) is 6.52. The topological polar surface area (TPSA) is 28.2 Å². The second kappa shape index (κ2) is 5.38. The summed E-state index contributed by atoms with van der Waals surface area (Å²) in [7, 11) is 0. The number of nitrogens with one attached hydrogen (secondary N) is 1. The van der Waals surface area contributed by atoms with Crippen LogP contribution in [0.2, 0.25) is 0 Å². The first kappa shape index (κ1) is 12.1. The lowest BCUT2D eigenvalue weighted by Gasteiger charge is -2.26. The number of anilines is 1. The summed E-state index contributed by atoms with van der Waals surface area (Å²) in [6.07, 6.45) is 3.17. The van der Waals surface area contributed by atoms with E-state index in [2.05, 4.69) is 33.6 Å². The molecule has 5 heteroatoms. The number of hydrogen-bond acceptors (Lipinski definition) is 5. The van der Waals surface area contributed by atoms with Crippen LogP contribution in [0.5, 0.6) is 0 Å². The Balaban J connectivity index is 1.70. The lowest BCUT2D eigenvalue weighted by atomic mass is 10.1. The first-order valence-corrected chi connectivity index (χ1v) is 8.02. The van der Waals surface area contributed by atoms with Crippen LogP contribution in [0.25, 0.3) is 0 Å². The van der Waals surface area contributed by atoms with E-state index in [1.54, 1.807) is 4.88 Å². The predicted octanol–water partition coefficient (Wildman–Crippen LogP) is 2.88. The molecule has 0 aliphatic carbocycles. The lowest BCUT2D eigenvalue weighted by Crippen LogP contribution is -2.29. The van der Waals surface area contributed by atoms with Gasteiger partial charge in [0.2, 0.25) is 0 Å².